The highest BCUT2D eigenvalue weighted by molar-refractivity contribution is 5.79. The summed E-state index contributed by atoms with van der Waals surface area (Å²) in [5.74, 6) is -0.732. The Morgan fingerprint density at radius 1 is 0.972 bits per heavy atom. The first-order valence-electron chi connectivity index (χ1n) is 11.7. The van der Waals surface area contributed by atoms with E-state index >= 15 is 0 Å². The molecule has 1 saturated heterocycles. The maximum Gasteiger partial charge on any atom is 0.416 e. The molecule has 0 spiro atoms. The summed E-state index contributed by atoms with van der Waals surface area (Å²) >= 11 is 0. The second-order valence-electron chi connectivity index (χ2n) is 9.55. The van der Waals surface area contributed by atoms with E-state index in [9.17, 15) is 36.4 Å². The van der Waals surface area contributed by atoms with Gasteiger partial charge in [0.05, 0.1) is 22.6 Å². The summed E-state index contributed by atoms with van der Waals surface area (Å²) in [5, 5.41) is 12.3. The molecule has 4 nitrogen and oxygen atoms in total. The van der Waals surface area contributed by atoms with Crippen molar-refractivity contribution in [2.24, 2.45) is 5.92 Å². The average molecular weight is 509 g/mol. The van der Waals surface area contributed by atoms with Gasteiger partial charge in [0.25, 0.3) is 0 Å². The summed E-state index contributed by atoms with van der Waals surface area (Å²) in [7, 11) is 0. The van der Waals surface area contributed by atoms with E-state index in [1.165, 1.54) is 0 Å². The van der Waals surface area contributed by atoms with Gasteiger partial charge < -0.3 is 10.2 Å². The first kappa shape index (κ1) is 26.0. The SMILES string of the molecule is N#CC1(c2ccccc2)CCN(C2CC(C(=O)NCc3cc(C(F)(F)F)cc(C(F)(F)F)c3)C2)CC1. The quantitative estimate of drug-likeness (QED) is 0.528. The Balaban J connectivity index is 1.30. The van der Waals surface area contributed by atoms with Gasteiger partial charge >= 0.3 is 12.4 Å². The molecule has 1 N–H and O–H groups in total. The normalized spacial score (nSPS) is 22.4. The fourth-order valence-electron chi connectivity index (χ4n) is 5.05. The molecule has 0 atom stereocenters. The molecule has 192 valence electrons. The molecule has 10 heteroatoms. The van der Waals surface area contributed by atoms with Crippen LogP contribution in [0.1, 0.15) is 47.9 Å². The fraction of sp³-hybridized carbons (Fsp3) is 0.462. The summed E-state index contributed by atoms with van der Waals surface area (Å²) in [6.45, 7) is 1.01. The van der Waals surface area contributed by atoms with E-state index in [1.807, 2.05) is 30.3 Å². The van der Waals surface area contributed by atoms with Crippen molar-refractivity contribution in [3.05, 3.63) is 70.8 Å². The second kappa shape index (κ2) is 9.77. The number of halogens is 6. The molecule has 0 radical (unpaired) electrons. The maximum absolute atomic E-state index is 13.0. The smallest absolute Gasteiger partial charge is 0.352 e. The molecule has 1 amide bonds. The number of hydrogen-bond acceptors (Lipinski definition) is 3. The molecule has 2 aromatic rings. The molecule has 1 heterocycles. The standard InChI is InChI=1S/C26H25F6N3O/c27-25(28,29)20-10-17(11-21(14-20)26(30,31)32)15-34-23(36)18-12-22(13-18)35-8-6-24(16-33,7-9-35)19-4-2-1-3-5-19/h1-5,10-11,14,18,22H,6-9,12-13,15H2,(H,34,36). The van der Waals surface area contributed by atoms with Crippen LogP contribution in [-0.4, -0.2) is 29.9 Å². The number of nitrogens with zero attached hydrogens (tertiary/aromatic N) is 2. The van der Waals surface area contributed by atoms with E-state index < -0.39 is 35.4 Å². The maximum atomic E-state index is 13.0. The highest BCUT2D eigenvalue weighted by Crippen LogP contribution is 2.40. The van der Waals surface area contributed by atoms with Crippen LogP contribution in [0.2, 0.25) is 0 Å². The van der Waals surface area contributed by atoms with Gasteiger partial charge in [-0.05, 0) is 55.0 Å². The first-order chi connectivity index (χ1) is 16.9. The summed E-state index contributed by atoms with van der Waals surface area (Å²) in [6, 6.07) is 13.6. The Morgan fingerprint density at radius 3 is 2.03 bits per heavy atom. The molecule has 4 rings (SSSR count). The predicted molar refractivity (Wildman–Crippen MR) is 119 cm³/mol. The zero-order valence-electron chi connectivity index (χ0n) is 19.3. The van der Waals surface area contributed by atoms with Gasteiger partial charge in [0.15, 0.2) is 0 Å². The molecule has 36 heavy (non-hydrogen) atoms. The van der Waals surface area contributed by atoms with Crippen LogP contribution in [0.5, 0.6) is 0 Å². The van der Waals surface area contributed by atoms with Gasteiger partial charge in [-0.25, -0.2) is 0 Å². The van der Waals surface area contributed by atoms with E-state index in [4.69, 9.17) is 0 Å². The number of hydrogen-bond donors (Lipinski definition) is 1. The number of alkyl halides is 6. The molecule has 1 aliphatic heterocycles. The number of piperidine rings is 1. The molecule has 0 aromatic heterocycles. The minimum Gasteiger partial charge on any atom is -0.352 e. The molecule has 0 bridgehead atoms. The Morgan fingerprint density at radius 2 is 1.53 bits per heavy atom. The van der Waals surface area contributed by atoms with E-state index in [0.29, 0.717) is 50.9 Å². The topological polar surface area (TPSA) is 56.1 Å². The largest absolute Gasteiger partial charge is 0.416 e. The van der Waals surface area contributed by atoms with Crippen LogP contribution in [-0.2, 0) is 29.1 Å². The van der Waals surface area contributed by atoms with Gasteiger partial charge in [0.1, 0.15) is 0 Å². The lowest BCUT2D eigenvalue weighted by atomic mass is 9.72. The van der Waals surface area contributed by atoms with Crippen LogP contribution in [0.4, 0.5) is 26.3 Å². The number of nitrogens with one attached hydrogen (secondary N) is 1. The minimum absolute atomic E-state index is 0.0687. The third-order valence-corrected chi connectivity index (χ3v) is 7.31. The van der Waals surface area contributed by atoms with Crippen molar-refractivity contribution < 1.29 is 31.1 Å². The van der Waals surface area contributed by atoms with E-state index in [1.54, 1.807) is 0 Å². The van der Waals surface area contributed by atoms with Gasteiger partial charge in [-0.15, -0.1) is 0 Å². The fourth-order valence-corrected chi connectivity index (χ4v) is 5.05. The van der Waals surface area contributed by atoms with Crippen molar-refractivity contribution in [1.29, 1.82) is 5.26 Å². The number of carbonyl (C=O) groups is 1. The molecule has 0 unspecified atom stereocenters. The van der Waals surface area contributed by atoms with Crippen LogP contribution in [0.25, 0.3) is 0 Å². The number of carbonyl (C=O) groups excluding carboxylic acids is 1. The Bertz CT molecular complexity index is 1090. The molecule has 2 aliphatic rings. The summed E-state index contributed by atoms with van der Waals surface area (Å²) in [6.07, 6.45) is -7.38. The Hall–Kier alpha value is -3.06. The number of nitriles is 1. The van der Waals surface area contributed by atoms with Crippen molar-refractivity contribution in [3.8, 4) is 6.07 Å². The van der Waals surface area contributed by atoms with Gasteiger partial charge in [-0.1, -0.05) is 30.3 Å². The van der Waals surface area contributed by atoms with Gasteiger partial charge in [0, 0.05) is 31.6 Å². The number of likely N-dealkylation sites (tertiary alicyclic amines) is 1. The van der Waals surface area contributed by atoms with Gasteiger partial charge in [0.2, 0.25) is 5.91 Å². The second-order valence-corrected chi connectivity index (χ2v) is 9.55. The minimum atomic E-state index is -4.93. The zero-order valence-corrected chi connectivity index (χ0v) is 19.3. The van der Waals surface area contributed by atoms with Crippen LogP contribution >= 0.6 is 0 Å². The van der Waals surface area contributed by atoms with Crippen LogP contribution in [0.15, 0.2) is 48.5 Å². The average Bonchev–Trinajstić information content (AvgIpc) is 2.81. The number of benzene rings is 2. The Kier molecular flexibility index (Phi) is 7.06. The zero-order chi connectivity index (χ0) is 26.1. The first-order valence-corrected chi connectivity index (χ1v) is 11.7. The van der Waals surface area contributed by atoms with Crippen LogP contribution < -0.4 is 5.32 Å². The lowest BCUT2D eigenvalue weighted by molar-refractivity contribution is -0.143. The highest BCUT2D eigenvalue weighted by Gasteiger charge is 2.43. The number of rotatable bonds is 5. The van der Waals surface area contributed by atoms with Crippen molar-refractivity contribution in [2.75, 3.05) is 13.1 Å². The van der Waals surface area contributed by atoms with Crippen molar-refractivity contribution in [1.82, 2.24) is 10.2 Å². The number of amides is 1. The summed E-state index contributed by atoms with van der Waals surface area (Å²) < 4.78 is 78.2. The van der Waals surface area contributed by atoms with Crippen LogP contribution in [0, 0.1) is 17.2 Å². The van der Waals surface area contributed by atoms with Crippen molar-refractivity contribution in [3.63, 3.8) is 0 Å². The summed E-state index contributed by atoms with van der Waals surface area (Å²) in [4.78, 5) is 14.8. The molecule has 1 saturated carbocycles. The van der Waals surface area contributed by atoms with Crippen molar-refractivity contribution >= 4 is 5.91 Å². The molecule has 2 aromatic carbocycles. The highest BCUT2D eigenvalue weighted by atomic mass is 19.4. The lowest BCUT2D eigenvalue weighted by Crippen LogP contribution is -2.53. The molecule has 2 fully saturated rings. The van der Waals surface area contributed by atoms with E-state index in [2.05, 4.69) is 16.3 Å². The molecular weight excluding hydrogens is 484 g/mol. The Labute approximate surface area is 204 Å². The predicted octanol–water partition coefficient (Wildman–Crippen LogP) is 5.68. The monoisotopic (exact) mass is 509 g/mol. The summed E-state index contributed by atoms with van der Waals surface area (Å²) in [5.41, 5.74) is -2.59. The van der Waals surface area contributed by atoms with E-state index in [-0.39, 0.29) is 29.5 Å². The third-order valence-electron chi connectivity index (χ3n) is 7.31. The van der Waals surface area contributed by atoms with Gasteiger partial charge in [-0.3, -0.25) is 4.79 Å². The van der Waals surface area contributed by atoms with E-state index in [0.717, 1.165) is 5.56 Å². The lowest BCUT2D eigenvalue weighted by Gasteiger charge is -2.47. The van der Waals surface area contributed by atoms with Gasteiger partial charge in [-0.2, -0.15) is 31.6 Å². The van der Waals surface area contributed by atoms with Crippen LogP contribution in [0.3, 0.4) is 0 Å². The third kappa shape index (κ3) is 5.51. The van der Waals surface area contributed by atoms with Crippen molar-refractivity contribution in [2.45, 2.75) is 56.0 Å². The molecule has 1 aliphatic carbocycles. The molecular formula is C26H25F6N3O.